The maximum atomic E-state index is 13.1. The number of carbonyl (C=O) groups is 1. The van der Waals surface area contributed by atoms with Crippen molar-refractivity contribution in [2.45, 2.75) is 19.6 Å². The molecule has 0 spiro atoms. The van der Waals surface area contributed by atoms with E-state index < -0.39 is 0 Å². The molecule has 5 heteroatoms. The van der Waals surface area contributed by atoms with E-state index in [-0.39, 0.29) is 5.91 Å². The predicted molar refractivity (Wildman–Crippen MR) is 118 cm³/mol. The van der Waals surface area contributed by atoms with Gasteiger partial charge in [-0.2, -0.15) is 0 Å². The summed E-state index contributed by atoms with van der Waals surface area (Å²) in [6.45, 7) is 6.31. The van der Waals surface area contributed by atoms with Crippen molar-refractivity contribution in [3.8, 4) is 0 Å². The SMILES string of the molecule is O=C(CN1CCN(Cc2ccccc2)CC1)N(Cc1ccccc1)Cc1ccco1. The van der Waals surface area contributed by atoms with Gasteiger partial charge in [0, 0.05) is 39.3 Å². The van der Waals surface area contributed by atoms with Crippen molar-refractivity contribution in [3.05, 3.63) is 95.9 Å². The topological polar surface area (TPSA) is 39.9 Å². The number of piperazine rings is 1. The van der Waals surface area contributed by atoms with Crippen molar-refractivity contribution in [2.75, 3.05) is 32.7 Å². The molecule has 2 heterocycles. The van der Waals surface area contributed by atoms with Crippen LogP contribution in [0.2, 0.25) is 0 Å². The minimum absolute atomic E-state index is 0.145. The Balaban J connectivity index is 1.32. The molecule has 1 aliphatic rings. The third kappa shape index (κ3) is 5.81. The van der Waals surface area contributed by atoms with Gasteiger partial charge in [-0.05, 0) is 23.3 Å². The first-order valence-corrected chi connectivity index (χ1v) is 10.6. The smallest absolute Gasteiger partial charge is 0.237 e. The van der Waals surface area contributed by atoms with Crippen molar-refractivity contribution in [1.82, 2.24) is 14.7 Å². The van der Waals surface area contributed by atoms with Crippen LogP contribution in [-0.2, 0) is 24.4 Å². The van der Waals surface area contributed by atoms with Gasteiger partial charge in [-0.15, -0.1) is 0 Å². The van der Waals surface area contributed by atoms with E-state index in [1.807, 2.05) is 35.2 Å². The van der Waals surface area contributed by atoms with E-state index in [9.17, 15) is 4.79 Å². The maximum absolute atomic E-state index is 13.1. The van der Waals surface area contributed by atoms with Crippen LogP contribution in [0.1, 0.15) is 16.9 Å². The van der Waals surface area contributed by atoms with Gasteiger partial charge in [0.25, 0.3) is 0 Å². The highest BCUT2D eigenvalue weighted by atomic mass is 16.3. The number of carbonyl (C=O) groups excluding carboxylic acids is 1. The average Bonchev–Trinajstić information content (AvgIpc) is 3.29. The molecule has 0 atom stereocenters. The molecule has 0 unspecified atom stereocenters. The standard InChI is InChI=1S/C25H29N3O2/c29-25(21-27-15-13-26(14-16-27)18-22-8-3-1-4-9-22)28(20-24-12-7-17-30-24)19-23-10-5-2-6-11-23/h1-12,17H,13-16,18-21H2. The maximum Gasteiger partial charge on any atom is 0.237 e. The number of furan rings is 1. The van der Waals surface area contributed by atoms with Crippen LogP contribution in [0.5, 0.6) is 0 Å². The first kappa shape index (κ1) is 20.4. The zero-order valence-corrected chi connectivity index (χ0v) is 17.3. The van der Waals surface area contributed by atoms with Crippen molar-refractivity contribution in [1.29, 1.82) is 0 Å². The largest absolute Gasteiger partial charge is 0.467 e. The molecular weight excluding hydrogens is 374 g/mol. The summed E-state index contributed by atoms with van der Waals surface area (Å²) in [7, 11) is 0. The molecule has 1 amide bonds. The summed E-state index contributed by atoms with van der Waals surface area (Å²) < 4.78 is 5.50. The Kier molecular flexibility index (Phi) is 6.95. The monoisotopic (exact) mass is 403 g/mol. The fraction of sp³-hybridized carbons (Fsp3) is 0.320. The van der Waals surface area contributed by atoms with Crippen molar-refractivity contribution >= 4 is 5.91 Å². The highest BCUT2D eigenvalue weighted by Crippen LogP contribution is 2.13. The molecule has 1 aromatic heterocycles. The van der Waals surface area contributed by atoms with Gasteiger partial charge in [-0.3, -0.25) is 14.6 Å². The summed E-state index contributed by atoms with van der Waals surface area (Å²) in [5.74, 6) is 0.957. The average molecular weight is 404 g/mol. The fourth-order valence-electron chi connectivity index (χ4n) is 3.87. The van der Waals surface area contributed by atoms with Crippen molar-refractivity contribution in [2.24, 2.45) is 0 Å². The first-order chi connectivity index (χ1) is 14.8. The van der Waals surface area contributed by atoms with Crippen LogP contribution in [0.4, 0.5) is 0 Å². The Bertz CT molecular complexity index is 889. The van der Waals surface area contributed by atoms with Gasteiger partial charge in [0.2, 0.25) is 5.91 Å². The number of benzene rings is 2. The number of hydrogen-bond acceptors (Lipinski definition) is 4. The summed E-state index contributed by atoms with van der Waals surface area (Å²) >= 11 is 0. The van der Waals surface area contributed by atoms with Gasteiger partial charge < -0.3 is 9.32 Å². The lowest BCUT2D eigenvalue weighted by Gasteiger charge is -2.35. The zero-order valence-electron chi connectivity index (χ0n) is 17.3. The highest BCUT2D eigenvalue weighted by Gasteiger charge is 2.22. The minimum Gasteiger partial charge on any atom is -0.467 e. The van der Waals surface area contributed by atoms with E-state index in [2.05, 4.69) is 52.3 Å². The Hall–Kier alpha value is -2.89. The molecule has 5 nitrogen and oxygen atoms in total. The lowest BCUT2D eigenvalue weighted by Crippen LogP contribution is -2.49. The molecule has 0 saturated carbocycles. The van der Waals surface area contributed by atoms with Crippen LogP contribution in [0.3, 0.4) is 0 Å². The van der Waals surface area contributed by atoms with Gasteiger partial charge in [-0.1, -0.05) is 60.7 Å². The van der Waals surface area contributed by atoms with E-state index in [0.29, 0.717) is 19.6 Å². The molecule has 156 valence electrons. The minimum atomic E-state index is 0.145. The van der Waals surface area contributed by atoms with Crippen LogP contribution in [-0.4, -0.2) is 53.3 Å². The van der Waals surface area contributed by atoms with E-state index >= 15 is 0 Å². The van der Waals surface area contributed by atoms with Crippen LogP contribution >= 0.6 is 0 Å². The summed E-state index contributed by atoms with van der Waals surface area (Å²) in [5, 5.41) is 0. The van der Waals surface area contributed by atoms with Crippen LogP contribution in [0.25, 0.3) is 0 Å². The molecule has 1 saturated heterocycles. The third-order valence-electron chi connectivity index (χ3n) is 5.57. The Morgan fingerprint density at radius 1 is 0.767 bits per heavy atom. The fourth-order valence-corrected chi connectivity index (χ4v) is 3.87. The second-order valence-electron chi connectivity index (χ2n) is 7.85. The normalized spacial score (nSPS) is 15.2. The second-order valence-corrected chi connectivity index (χ2v) is 7.85. The summed E-state index contributed by atoms with van der Waals surface area (Å²) in [6, 6.07) is 24.5. The van der Waals surface area contributed by atoms with E-state index in [1.54, 1.807) is 6.26 Å². The van der Waals surface area contributed by atoms with E-state index in [0.717, 1.165) is 44.0 Å². The molecule has 1 fully saturated rings. The summed E-state index contributed by atoms with van der Waals surface area (Å²) in [4.78, 5) is 19.8. The summed E-state index contributed by atoms with van der Waals surface area (Å²) in [5.41, 5.74) is 2.47. The molecule has 0 aliphatic carbocycles. The third-order valence-corrected chi connectivity index (χ3v) is 5.57. The number of nitrogens with zero attached hydrogens (tertiary/aromatic N) is 3. The van der Waals surface area contributed by atoms with Crippen molar-refractivity contribution < 1.29 is 9.21 Å². The van der Waals surface area contributed by atoms with Gasteiger partial charge in [0.05, 0.1) is 19.4 Å². The van der Waals surface area contributed by atoms with Crippen LogP contribution in [0, 0.1) is 0 Å². The van der Waals surface area contributed by atoms with E-state index in [1.165, 1.54) is 5.56 Å². The highest BCUT2D eigenvalue weighted by molar-refractivity contribution is 5.78. The lowest BCUT2D eigenvalue weighted by atomic mass is 10.2. The number of rotatable bonds is 8. The molecule has 0 N–H and O–H groups in total. The molecule has 1 aliphatic heterocycles. The molecule has 0 radical (unpaired) electrons. The number of amides is 1. The Morgan fingerprint density at radius 3 is 2.03 bits per heavy atom. The molecule has 3 aromatic rings. The second kappa shape index (κ2) is 10.2. The molecule has 30 heavy (non-hydrogen) atoms. The molecule has 2 aromatic carbocycles. The van der Waals surface area contributed by atoms with E-state index in [4.69, 9.17) is 4.42 Å². The molecule has 0 bridgehead atoms. The quantitative estimate of drug-likeness (QED) is 0.576. The summed E-state index contributed by atoms with van der Waals surface area (Å²) in [6.07, 6.45) is 1.66. The molecular formula is C25H29N3O2. The Labute approximate surface area is 178 Å². The number of hydrogen-bond donors (Lipinski definition) is 0. The van der Waals surface area contributed by atoms with Crippen LogP contribution in [0.15, 0.2) is 83.5 Å². The predicted octanol–water partition coefficient (Wildman–Crippen LogP) is 3.63. The zero-order chi connectivity index (χ0) is 20.6. The van der Waals surface area contributed by atoms with Gasteiger partial charge in [0.15, 0.2) is 0 Å². The lowest BCUT2D eigenvalue weighted by molar-refractivity contribution is -0.134. The van der Waals surface area contributed by atoms with Gasteiger partial charge in [0.1, 0.15) is 5.76 Å². The van der Waals surface area contributed by atoms with Gasteiger partial charge in [-0.25, -0.2) is 0 Å². The van der Waals surface area contributed by atoms with Crippen LogP contribution < -0.4 is 0 Å². The molecule has 4 rings (SSSR count). The van der Waals surface area contributed by atoms with Gasteiger partial charge >= 0.3 is 0 Å². The first-order valence-electron chi connectivity index (χ1n) is 10.6. The Morgan fingerprint density at radius 2 is 1.40 bits per heavy atom. The van der Waals surface area contributed by atoms with Crippen molar-refractivity contribution in [3.63, 3.8) is 0 Å².